The molecule has 0 aliphatic heterocycles. The van der Waals surface area contributed by atoms with Crippen molar-refractivity contribution >= 4 is 17.7 Å². The van der Waals surface area contributed by atoms with Crippen LogP contribution in [0.5, 0.6) is 0 Å². The van der Waals surface area contributed by atoms with E-state index in [4.69, 9.17) is 17.3 Å². The summed E-state index contributed by atoms with van der Waals surface area (Å²) in [6.45, 7) is 4.05. The van der Waals surface area contributed by atoms with Gasteiger partial charge in [0.2, 0.25) is 0 Å². The Bertz CT molecular complexity index is 399. The lowest BCUT2D eigenvalue weighted by Gasteiger charge is -2.20. The summed E-state index contributed by atoms with van der Waals surface area (Å²) in [6.07, 6.45) is 3.04. The van der Waals surface area contributed by atoms with E-state index in [9.17, 15) is 0 Å². The van der Waals surface area contributed by atoms with Gasteiger partial charge in [0.05, 0.1) is 0 Å². The standard InChI is InChI=1S/C12H14ClN/c1-12(2,14)9-6-8-4-3-5-11(13)10(8)7-9/h3-6H,7,14H2,1-2H3. The Hall–Kier alpha value is -0.790. The summed E-state index contributed by atoms with van der Waals surface area (Å²) in [5.74, 6) is 0. The lowest BCUT2D eigenvalue weighted by atomic mass is 9.94. The van der Waals surface area contributed by atoms with Crippen LogP contribution in [-0.2, 0) is 6.42 Å². The van der Waals surface area contributed by atoms with Crippen molar-refractivity contribution in [1.82, 2.24) is 0 Å². The van der Waals surface area contributed by atoms with Gasteiger partial charge in [0.1, 0.15) is 0 Å². The first-order valence-corrected chi connectivity index (χ1v) is 5.13. The molecule has 0 bridgehead atoms. The van der Waals surface area contributed by atoms with Crippen molar-refractivity contribution < 1.29 is 0 Å². The molecule has 74 valence electrons. The molecule has 0 amide bonds. The molecule has 1 aromatic carbocycles. The van der Waals surface area contributed by atoms with Crippen LogP contribution in [0.2, 0.25) is 5.02 Å². The lowest BCUT2D eigenvalue weighted by molar-refractivity contribution is 0.604. The quantitative estimate of drug-likeness (QED) is 0.753. The van der Waals surface area contributed by atoms with E-state index in [2.05, 4.69) is 12.1 Å². The molecule has 0 heterocycles. The summed E-state index contributed by atoms with van der Waals surface area (Å²) in [6, 6.07) is 5.99. The maximum absolute atomic E-state index is 6.11. The number of hydrogen-bond donors (Lipinski definition) is 1. The summed E-state index contributed by atoms with van der Waals surface area (Å²) < 4.78 is 0. The SMILES string of the molecule is CC(C)(N)C1=Cc2cccc(Cl)c2C1. The summed E-state index contributed by atoms with van der Waals surface area (Å²) >= 11 is 6.11. The maximum atomic E-state index is 6.11. The van der Waals surface area contributed by atoms with Crippen LogP contribution in [0, 0.1) is 0 Å². The van der Waals surface area contributed by atoms with Gasteiger partial charge in [-0.25, -0.2) is 0 Å². The van der Waals surface area contributed by atoms with Crippen molar-refractivity contribution in [2.45, 2.75) is 25.8 Å². The van der Waals surface area contributed by atoms with Crippen LogP contribution < -0.4 is 5.73 Å². The van der Waals surface area contributed by atoms with Gasteiger partial charge in [-0.2, -0.15) is 0 Å². The molecule has 0 spiro atoms. The normalized spacial score (nSPS) is 15.3. The third-order valence-corrected chi connectivity index (χ3v) is 3.03. The topological polar surface area (TPSA) is 26.0 Å². The van der Waals surface area contributed by atoms with Crippen molar-refractivity contribution in [2.24, 2.45) is 5.73 Å². The van der Waals surface area contributed by atoms with E-state index in [1.165, 1.54) is 16.7 Å². The van der Waals surface area contributed by atoms with Crippen LogP contribution in [0.3, 0.4) is 0 Å². The molecule has 2 rings (SSSR count). The largest absolute Gasteiger partial charge is 0.322 e. The smallest absolute Gasteiger partial charge is 0.0447 e. The minimum absolute atomic E-state index is 0.248. The highest BCUT2D eigenvalue weighted by molar-refractivity contribution is 6.31. The third kappa shape index (κ3) is 1.58. The number of benzene rings is 1. The average Bonchev–Trinajstić information content (AvgIpc) is 2.48. The number of hydrogen-bond acceptors (Lipinski definition) is 1. The zero-order chi connectivity index (χ0) is 10.3. The van der Waals surface area contributed by atoms with Gasteiger partial charge in [-0.15, -0.1) is 0 Å². The Morgan fingerprint density at radius 1 is 1.36 bits per heavy atom. The highest BCUT2D eigenvalue weighted by Crippen LogP contribution is 2.34. The molecule has 0 unspecified atom stereocenters. The van der Waals surface area contributed by atoms with E-state index in [1.54, 1.807) is 0 Å². The van der Waals surface area contributed by atoms with E-state index in [-0.39, 0.29) is 5.54 Å². The zero-order valence-electron chi connectivity index (χ0n) is 8.47. The summed E-state index contributed by atoms with van der Waals surface area (Å²) in [5, 5.41) is 0.845. The summed E-state index contributed by atoms with van der Waals surface area (Å²) in [4.78, 5) is 0. The van der Waals surface area contributed by atoms with Crippen LogP contribution in [0.25, 0.3) is 6.08 Å². The number of fused-ring (bicyclic) bond motifs is 1. The summed E-state index contributed by atoms with van der Waals surface area (Å²) in [7, 11) is 0. The van der Waals surface area contributed by atoms with Gasteiger partial charge in [0.25, 0.3) is 0 Å². The molecular formula is C12H14ClN. The summed E-state index contributed by atoms with van der Waals surface area (Å²) in [5.41, 5.74) is 9.49. The molecule has 14 heavy (non-hydrogen) atoms. The Kier molecular flexibility index (Phi) is 2.17. The molecule has 0 atom stereocenters. The van der Waals surface area contributed by atoms with Gasteiger partial charge in [0, 0.05) is 10.6 Å². The molecule has 0 saturated heterocycles. The molecule has 2 heteroatoms. The molecule has 1 nitrogen and oxygen atoms in total. The van der Waals surface area contributed by atoms with Crippen LogP contribution in [0.4, 0.5) is 0 Å². The van der Waals surface area contributed by atoms with Crippen molar-refractivity contribution in [2.75, 3.05) is 0 Å². The maximum Gasteiger partial charge on any atom is 0.0447 e. The fourth-order valence-corrected chi connectivity index (χ4v) is 1.99. The van der Waals surface area contributed by atoms with Crippen molar-refractivity contribution in [3.05, 3.63) is 39.9 Å². The first kappa shape index (κ1) is 9.75. The van der Waals surface area contributed by atoms with Gasteiger partial charge in [-0.05, 0) is 43.0 Å². The second-order valence-electron chi connectivity index (χ2n) is 4.38. The number of halogens is 1. The Morgan fingerprint density at radius 2 is 2.07 bits per heavy atom. The minimum atomic E-state index is -0.248. The molecule has 0 fully saturated rings. The fraction of sp³-hybridized carbons (Fsp3) is 0.333. The van der Waals surface area contributed by atoms with Crippen molar-refractivity contribution in [3.63, 3.8) is 0 Å². The average molecular weight is 208 g/mol. The van der Waals surface area contributed by atoms with Crippen LogP contribution in [0.1, 0.15) is 25.0 Å². The monoisotopic (exact) mass is 207 g/mol. The zero-order valence-corrected chi connectivity index (χ0v) is 9.23. The van der Waals surface area contributed by atoms with E-state index < -0.39 is 0 Å². The first-order chi connectivity index (χ1) is 6.48. The van der Waals surface area contributed by atoms with Crippen LogP contribution >= 0.6 is 11.6 Å². The van der Waals surface area contributed by atoms with E-state index in [1.807, 2.05) is 26.0 Å². The van der Waals surface area contributed by atoms with Gasteiger partial charge in [0.15, 0.2) is 0 Å². The Balaban J connectivity index is 2.42. The number of nitrogens with two attached hydrogens (primary N) is 1. The second-order valence-corrected chi connectivity index (χ2v) is 4.78. The second kappa shape index (κ2) is 3.11. The molecule has 2 N–H and O–H groups in total. The molecule has 1 aromatic rings. The highest BCUT2D eigenvalue weighted by atomic mass is 35.5. The highest BCUT2D eigenvalue weighted by Gasteiger charge is 2.24. The van der Waals surface area contributed by atoms with Crippen molar-refractivity contribution in [3.8, 4) is 0 Å². The van der Waals surface area contributed by atoms with E-state index >= 15 is 0 Å². The van der Waals surface area contributed by atoms with Gasteiger partial charge >= 0.3 is 0 Å². The third-order valence-electron chi connectivity index (χ3n) is 2.68. The van der Waals surface area contributed by atoms with Gasteiger partial charge in [-0.3, -0.25) is 0 Å². The molecule has 0 saturated carbocycles. The van der Waals surface area contributed by atoms with Gasteiger partial charge < -0.3 is 5.73 Å². The van der Waals surface area contributed by atoms with Crippen LogP contribution in [0.15, 0.2) is 23.8 Å². The first-order valence-electron chi connectivity index (χ1n) is 4.76. The van der Waals surface area contributed by atoms with Crippen molar-refractivity contribution in [1.29, 1.82) is 0 Å². The fourth-order valence-electron chi connectivity index (χ4n) is 1.74. The number of rotatable bonds is 1. The molecule has 0 radical (unpaired) electrons. The Morgan fingerprint density at radius 3 is 2.64 bits per heavy atom. The Labute approximate surface area is 89.6 Å². The lowest BCUT2D eigenvalue weighted by Crippen LogP contribution is -2.34. The van der Waals surface area contributed by atoms with Crippen LogP contribution in [-0.4, -0.2) is 5.54 Å². The predicted molar refractivity (Wildman–Crippen MR) is 61.4 cm³/mol. The van der Waals surface area contributed by atoms with Gasteiger partial charge in [-0.1, -0.05) is 29.8 Å². The predicted octanol–water partition coefficient (Wildman–Crippen LogP) is 3.02. The molecule has 1 aliphatic rings. The minimum Gasteiger partial charge on any atom is -0.322 e. The van der Waals surface area contributed by atoms with E-state index in [0.29, 0.717) is 0 Å². The molecular weight excluding hydrogens is 194 g/mol. The molecule has 0 aromatic heterocycles. The molecule has 1 aliphatic carbocycles. The van der Waals surface area contributed by atoms with E-state index in [0.717, 1.165) is 11.4 Å².